The van der Waals surface area contributed by atoms with Gasteiger partial charge in [-0.3, -0.25) is 4.39 Å². The minimum atomic E-state index is -0.516. The van der Waals surface area contributed by atoms with Gasteiger partial charge in [-0.2, -0.15) is 0 Å². The first-order valence-corrected chi connectivity index (χ1v) is 6.65. The van der Waals surface area contributed by atoms with Crippen LogP contribution < -0.4 is 5.73 Å². The van der Waals surface area contributed by atoms with Crippen LogP contribution >= 0.6 is 0 Å². The van der Waals surface area contributed by atoms with Crippen LogP contribution in [0.1, 0.15) is 17.5 Å². The summed E-state index contributed by atoms with van der Waals surface area (Å²) >= 11 is 0. The monoisotopic (exact) mass is 257 g/mol. The third-order valence-corrected chi connectivity index (χ3v) is 3.39. The Morgan fingerprint density at radius 3 is 1.58 bits per heavy atom. The normalized spacial score (nSPS) is 11.5. The maximum Gasteiger partial charge on any atom is 0.0912 e. The highest BCUT2D eigenvalue weighted by atomic mass is 19.1. The van der Waals surface area contributed by atoms with Gasteiger partial charge in [0.15, 0.2) is 0 Å². The molecular formula is C17H20FN. The summed E-state index contributed by atoms with van der Waals surface area (Å²) in [6.45, 7) is -0.379. The maximum atomic E-state index is 12.8. The van der Waals surface area contributed by atoms with Gasteiger partial charge in [0.25, 0.3) is 0 Å². The number of hydrogen-bond donors (Lipinski definition) is 1. The summed E-state index contributed by atoms with van der Waals surface area (Å²) in [7, 11) is 0. The molecule has 0 aromatic heterocycles. The van der Waals surface area contributed by atoms with Crippen molar-refractivity contribution in [1.82, 2.24) is 0 Å². The average molecular weight is 257 g/mol. The van der Waals surface area contributed by atoms with Crippen molar-refractivity contribution in [3.05, 3.63) is 71.8 Å². The maximum absolute atomic E-state index is 12.8. The van der Waals surface area contributed by atoms with Crippen LogP contribution in [0.25, 0.3) is 0 Å². The molecule has 0 aliphatic heterocycles. The van der Waals surface area contributed by atoms with E-state index in [0.29, 0.717) is 19.3 Å². The number of hydrogen-bond acceptors (Lipinski definition) is 1. The summed E-state index contributed by atoms with van der Waals surface area (Å²) < 4.78 is 12.8. The molecule has 2 rings (SSSR count). The molecule has 0 unspecified atom stereocenters. The minimum absolute atomic E-state index is 0.379. The van der Waals surface area contributed by atoms with Gasteiger partial charge < -0.3 is 5.73 Å². The highest BCUT2D eigenvalue weighted by Crippen LogP contribution is 2.20. The SMILES string of the molecule is NC(CCF)(Cc1ccccc1)Cc1ccccc1. The lowest BCUT2D eigenvalue weighted by atomic mass is 9.83. The van der Waals surface area contributed by atoms with Crippen LogP contribution in [0.5, 0.6) is 0 Å². The standard InChI is InChI=1S/C17H20FN/c18-12-11-17(19,13-15-7-3-1-4-8-15)14-16-9-5-2-6-10-16/h1-10H,11-14,19H2. The molecule has 2 N–H and O–H groups in total. The summed E-state index contributed by atoms with van der Waals surface area (Å²) in [4.78, 5) is 0. The first-order chi connectivity index (χ1) is 9.22. The summed E-state index contributed by atoms with van der Waals surface area (Å²) in [5.74, 6) is 0. The van der Waals surface area contributed by atoms with E-state index < -0.39 is 5.54 Å². The van der Waals surface area contributed by atoms with Gasteiger partial charge in [0.1, 0.15) is 0 Å². The Balaban J connectivity index is 2.13. The van der Waals surface area contributed by atoms with Gasteiger partial charge in [0, 0.05) is 5.54 Å². The molecule has 0 saturated carbocycles. The summed E-state index contributed by atoms with van der Waals surface area (Å²) in [5, 5.41) is 0. The van der Waals surface area contributed by atoms with Gasteiger partial charge in [-0.05, 0) is 30.4 Å². The fraction of sp³-hybridized carbons (Fsp3) is 0.294. The lowest BCUT2D eigenvalue weighted by Gasteiger charge is -2.29. The molecule has 0 heterocycles. The highest BCUT2D eigenvalue weighted by Gasteiger charge is 2.25. The minimum Gasteiger partial charge on any atom is -0.324 e. The van der Waals surface area contributed by atoms with Gasteiger partial charge in [0.05, 0.1) is 6.67 Å². The zero-order valence-electron chi connectivity index (χ0n) is 11.1. The molecule has 0 aliphatic carbocycles. The predicted octanol–water partition coefficient (Wildman–Crippen LogP) is 3.53. The molecule has 0 saturated heterocycles. The zero-order chi connectivity index (χ0) is 13.6. The quantitative estimate of drug-likeness (QED) is 0.841. The van der Waals surface area contributed by atoms with Crippen molar-refractivity contribution >= 4 is 0 Å². The molecule has 19 heavy (non-hydrogen) atoms. The van der Waals surface area contributed by atoms with E-state index in [-0.39, 0.29) is 6.67 Å². The molecule has 2 aromatic rings. The second-order valence-electron chi connectivity index (χ2n) is 5.13. The molecule has 2 heteroatoms. The summed E-state index contributed by atoms with van der Waals surface area (Å²) in [6, 6.07) is 20.1. The molecule has 0 bridgehead atoms. The number of rotatable bonds is 6. The van der Waals surface area contributed by atoms with Gasteiger partial charge in [-0.15, -0.1) is 0 Å². The van der Waals surface area contributed by atoms with Crippen LogP contribution in [0, 0.1) is 0 Å². The fourth-order valence-corrected chi connectivity index (χ4v) is 2.43. The van der Waals surface area contributed by atoms with Crippen LogP contribution in [0.2, 0.25) is 0 Å². The van der Waals surface area contributed by atoms with Crippen LogP contribution in [-0.2, 0) is 12.8 Å². The number of nitrogens with two attached hydrogens (primary N) is 1. The van der Waals surface area contributed by atoms with Crippen molar-refractivity contribution < 1.29 is 4.39 Å². The average Bonchev–Trinajstić information content (AvgIpc) is 2.41. The van der Waals surface area contributed by atoms with Crippen LogP contribution in [-0.4, -0.2) is 12.2 Å². The third-order valence-electron chi connectivity index (χ3n) is 3.39. The van der Waals surface area contributed by atoms with E-state index in [1.54, 1.807) is 0 Å². The number of halogens is 1. The lowest BCUT2D eigenvalue weighted by molar-refractivity contribution is 0.329. The van der Waals surface area contributed by atoms with Crippen molar-refractivity contribution in [2.75, 3.05) is 6.67 Å². The molecular weight excluding hydrogens is 237 g/mol. The Labute approximate surface area is 114 Å². The highest BCUT2D eigenvalue weighted by molar-refractivity contribution is 5.22. The van der Waals surface area contributed by atoms with Gasteiger partial charge in [0.2, 0.25) is 0 Å². The van der Waals surface area contributed by atoms with E-state index in [0.717, 1.165) is 11.1 Å². The Hall–Kier alpha value is -1.67. The Kier molecular flexibility index (Phi) is 4.69. The fourth-order valence-electron chi connectivity index (χ4n) is 2.43. The smallest absolute Gasteiger partial charge is 0.0912 e. The van der Waals surface area contributed by atoms with E-state index in [4.69, 9.17) is 5.73 Å². The molecule has 0 radical (unpaired) electrons. The third kappa shape index (κ3) is 4.18. The van der Waals surface area contributed by atoms with E-state index in [1.807, 2.05) is 60.7 Å². The molecule has 0 fully saturated rings. The number of benzene rings is 2. The molecule has 1 nitrogen and oxygen atoms in total. The molecule has 0 spiro atoms. The number of alkyl halides is 1. The summed E-state index contributed by atoms with van der Waals surface area (Å²) in [5.41, 5.74) is 8.24. The van der Waals surface area contributed by atoms with E-state index in [2.05, 4.69) is 0 Å². The Morgan fingerprint density at radius 2 is 1.21 bits per heavy atom. The van der Waals surface area contributed by atoms with Crippen LogP contribution in [0.4, 0.5) is 4.39 Å². The van der Waals surface area contributed by atoms with Crippen molar-refractivity contribution in [2.24, 2.45) is 5.73 Å². The van der Waals surface area contributed by atoms with Crippen LogP contribution in [0.15, 0.2) is 60.7 Å². The Morgan fingerprint density at radius 1 is 0.789 bits per heavy atom. The summed E-state index contributed by atoms with van der Waals surface area (Å²) in [6.07, 6.45) is 1.79. The zero-order valence-corrected chi connectivity index (χ0v) is 11.1. The molecule has 0 atom stereocenters. The van der Waals surface area contributed by atoms with Crippen LogP contribution in [0.3, 0.4) is 0 Å². The second kappa shape index (κ2) is 6.48. The van der Waals surface area contributed by atoms with E-state index in [9.17, 15) is 4.39 Å². The lowest BCUT2D eigenvalue weighted by Crippen LogP contribution is -2.44. The van der Waals surface area contributed by atoms with Crippen molar-refractivity contribution in [3.63, 3.8) is 0 Å². The van der Waals surface area contributed by atoms with Gasteiger partial charge in [-0.1, -0.05) is 60.7 Å². The topological polar surface area (TPSA) is 26.0 Å². The molecule has 0 amide bonds. The first kappa shape index (κ1) is 13.8. The van der Waals surface area contributed by atoms with Crippen molar-refractivity contribution in [3.8, 4) is 0 Å². The van der Waals surface area contributed by atoms with E-state index >= 15 is 0 Å². The molecule has 100 valence electrons. The second-order valence-corrected chi connectivity index (χ2v) is 5.13. The molecule has 0 aliphatic rings. The van der Waals surface area contributed by atoms with Crippen molar-refractivity contribution in [2.45, 2.75) is 24.8 Å². The molecule has 2 aromatic carbocycles. The first-order valence-electron chi connectivity index (χ1n) is 6.65. The van der Waals surface area contributed by atoms with Gasteiger partial charge in [-0.25, -0.2) is 0 Å². The van der Waals surface area contributed by atoms with Crippen molar-refractivity contribution in [1.29, 1.82) is 0 Å². The van der Waals surface area contributed by atoms with E-state index in [1.165, 1.54) is 0 Å². The largest absolute Gasteiger partial charge is 0.324 e. The Bertz CT molecular complexity index is 440. The predicted molar refractivity (Wildman–Crippen MR) is 77.8 cm³/mol. The van der Waals surface area contributed by atoms with Gasteiger partial charge >= 0.3 is 0 Å².